The van der Waals surface area contributed by atoms with Crippen LogP contribution in [0.15, 0.2) is 24.3 Å². The zero-order valence-electron chi connectivity index (χ0n) is 17.0. The van der Waals surface area contributed by atoms with Crippen LogP contribution in [0.1, 0.15) is 55.5 Å². The van der Waals surface area contributed by atoms with Crippen LogP contribution < -0.4 is 5.32 Å². The van der Waals surface area contributed by atoms with E-state index >= 15 is 0 Å². The normalized spacial score (nSPS) is 19.2. The summed E-state index contributed by atoms with van der Waals surface area (Å²) in [5.41, 5.74) is 2.12. The van der Waals surface area contributed by atoms with Crippen LogP contribution in [0.3, 0.4) is 0 Å². The van der Waals surface area contributed by atoms with Crippen molar-refractivity contribution >= 4 is 11.8 Å². The zero-order valence-corrected chi connectivity index (χ0v) is 17.0. The molecule has 2 aromatic rings. The van der Waals surface area contributed by atoms with Gasteiger partial charge in [0.2, 0.25) is 11.8 Å². The number of benzene rings is 1. The van der Waals surface area contributed by atoms with Crippen LogP contribution in [0, 0.1) is 19.8 Å². The quantitative estimate of drug-likeness (QED) is 0.802. The van der Waals surface area contributed by atoms with Crippen molar-refractivity contribution in [3.05, 3.63) is 47.0 Å². The summed E-state index contributed by atoms with van der Waals surface area (Å²) in [6, 6.07) is 7.66. The van der Waals surface area contributed by atoms with E-state index in [-0.39, 0.29) is 23.9 Å². The highest BCUT2D eigenvalue weighted by Gasteiger charge is 2.38. The first kappa shape index (κ1) is 20.0. The van der Waals surface area contributed by atoms with Gasteiger partial charge in [-0.3, -0.25) is 14.7 Å². The van der Waals surface area contributed by atoms with Crippen LogP contribution in [0.4, 0.5) is 0 Å². The molecule has 0 bridgehead atoms. The van der Waals surface area contributed by atoms with Crippen LogP contribution in [-0.2, 0) is 16.0 Å². The fourth-order valence-electron chi connectivity index (χ4n) is 3.73. The highest BCUT2D eigenvalue weighted by atomic mass is 16.2. The van der Waals surface area contributed by atoms with Crippen molar-refractivity contribution in [1.82, 2.24) is 25.4 Å². The Morgan fingerprint density at radius 1 is 1.32 bits per heavy atom. The molecule has 1 fully saturated rings. The van der Waals surface area contributed by atoms with Crippen molar-refractivity contribution in [2.45, 2.75) is 59.0 Å². The molecule has 1 aromatic carbocycles. The Morgan fingerprint density at radius 2 is 2.11 bits per heavy atom. The van der Waals surface area contributed by atoms with Gasteiger partial charge in [0.25, 0.3) is 0 Å². The minimum absolute atomic E-state index is 0.0258. The molecule has 1 aliphatic heterocycles. The van der Waals surface area contributed by atoms with E-state index in [1.165, 1.54) is 0 Å². The van der Waals surface area contributed by atoms with Crippen LogP contribution in [0.25, 0.3) is 0 Å². The van der Waals surface area contributed by atoms with Crippen molar-refractivity contribution in [2.24, 2.45) is 5.92 Å². The molecule has 2 N–H and O–H groups in total. The Labute approximate surface area is 165 Å². The number of carbonyl (C=O) groups excluding carboxylic acids is 2. The predicted octanol–water partition coefficient (Wildman–Crippen LogP) is 2.47. The summed E-state index contributed by atoms with van der Waals surface area (Å²) in [7, 11) is 0. The highest BCUT2D eigenvalue weighted by molar-refractivity contribution is 5.80. The van der Waals surface area contributed by atoms with E-state index in [2.05, 4.69) is 20.5 Å². The van der Waals surface area contributed by atoms with Gasteiger partial charge in [0.05, 0.1) is 12.5 Å². The van der Waals surface area contributed by atoms with Crippen molar-refractivity contribution in [1.29, 1.82) is 0 Å². The minimum atomic E-state index is -0.230. The molecular weight excluding hydrogens is 354 g/mol. The largest absolute Gasteiger partial charge is 0.351 e. The van der Waals surface area contributed by atoms with Gasteiger partial charge in [0.15, 0.2) is 5.82 Å². The average Bonchev–Trinajstić information content (AvgIpc) is 3.20. The molecule has 0 unspecified atom stereocenters. The summed E-state index contributed by atoms with van der Waals surface area (Å²) < 4.78 is 0. The fraction of sp³-hybridized carbons (Fsp3) is 0.524. The van der Waals surface area contributed by atoms with E-state index in [0.717, 1.165) is 11.1 Å². The standard InChI is InChI=1S/C21H29N5O2/c1-13(2)8-19(27)23-17-11-18(21-22-15(4)24-25-21)26(12-17)20(28)10-16-7-5-6-14(3)9-16/h5-7,9,13,17-18H,8,10-12H2,1-4H3,(H,23,27)(H,22,24,25)/t17-,18-/m0/s1. The molecule has 150 valence electrons. The van der Waals surface area contributed by atoms with Gasteiger partial charge in [-0.05, 0) is 31.7 Å². The second-order valence-corrected chi connectivity index (χ2v) is 8.10. The molecular formula is C21H29N5O2. The Hall–Kier alpha value is -2.70. The molecule has 1 saturated heterocycles. The molecule has 2 amide bonds. The predicted molar refractivity (Wildman–Crippen MR) is 106 cm³/mol. The first-order valence-corrected chi connectivity index (χ1v) is 9.85. The molecule has 0 spiro atoms. The number of aromatic amines is 1. The van der Waals surface area contributed by atoms with Crippen LogP contribution in [-0.4, -0.2) is 44.5 Å². The maximum absolute atomic E-state index is 13.1. The molecule has 0 radical (unpaired) electrons. The SMILES string of the molecule is Cc1cccc(CC(=O)N2C[C@@H](NC(=O)CC(C)C)C[C@H]2c2n[nH]c(C)n2)c1. The minimum Gasteiger partial charge on any atom is -0.351 e. The molecule has 1 aliphatic rings. The highest BCUT2D eigenvalue weighted by Crippen LogP contribution is 2.31. The molecule has 3 rings (SSSR count). The number of H-pyrrole nitrogens is 1. The van der Waals surface area contributed by atoms with Crippen molar-refractivity contribution in [3.63, 3.8) is 0 Å². The monoisotopic (exact) mass is 383 g/mol. The third-order valence-corrected chi connectivity index (χ3v) is 4.93. The second kappa shape index (κ2) is 8.54. The number of carbonyl (C=O) groups is 2. The van der Waals surface area contributed by atoms with Gasteiger partial charge < -0.3 is 10.2 Å². The molecule has 0 saturated carbocycles. The van der Waals surface area contributed by atoms with Crippen molar-refractivity contribution < 1.29 is 9.59 Å². The lowest BCUT2D eigenvalue weighted by atomic mass is 10.1. The number of nitrogens with zero attached hydrogens (tertiary/aromatic N) is 3. The molecule has 7 nitrogen and oxygen atoms in total. The van der Waals surface area contributed by atoms with Gasteiger partial charge >= 0.3 is 0 Å². The maximum Gasteiger partial charge on any atom is 0.227 e. The van der Waals surface area contributed by atoms with Gasteiger partial charge in [-0.25, -0.2) is 4.98 Å². The summed E-state index contributed by atoms with van der Waals surface area (Å²) in [5.74, 6) is 1.67. The number of hydrogen-bond donors (Lipinski definition) is 2. The topological polar surface area (TPSA) is 91.0 Å². The molecule has 2 heterocycles. The van der Waals surface area contributed by atoms with E-state index in [4.69, 9.17) is 0 Å². The summed E-state index contributed by atoms with van der Waals surface area (Å²) >= 11 is 0. The van der Waals surface area contributed by atoms with Crippen LogP contribution in [0.5, 0.6) is 0 Å². The first-order chi connectivity index (χ1) is 13.3. The number of nitrogens with one attached hydrogen (secondary N) is 2. The first-order valence-electron chi connectivity index (χ1n) is 9.85. The Balaban J connectivity index is 1.75. The van der Waals surface area contributed by atoms with Gasteiger partial charge in [-0.15, -0.1) is 0 Å². The molecule has 1 aromatic heterocycles. The van der Waals surface area contributed by atoms with E-state index in [1.807, 2.05) is 56.9 Å². The lowest BCUT2D eigenvalue weighted by Gasteiger charge is -2.22. The summed E-state index contributed by atoms with van der Waals surface area (Å²) in [4.78, 5) is 31.5. The van der Waals surface area contributed by atoms with Gasteiger partial charge in [-0.1, -0.05) is 43.7 Å². The van der Waals surface area contributed by atoms with E-state index in [0.29, 0.717) is 43.4 Å². The average molecular weight is 383 g/mol. The lowest BCUT2D eigenvalue weighted by Crippen LogP contribution is -2.39. The molecule has 7 heteroatoms. The Kier molecular flexibility index (Phi) is 6.11. The number of aryl methyl sites for hydroxylation is 2. The van der Waals surface area contributed by atoms with Gasteiger partial charge in [0.1, 0.15) is 5.82 Å². The number of likely N-dealkylation sites (tertiary alicyclic amines) is 1. The number of hydrogen-bond acceptors (Lipinski definition) is 4. The second-order valence-electron chi connectivity index (χ2n) is 8.10. The van der Waals surface area contributed by atoms with E-state index in [9.17, 15) is 9.59 Å². The number of amides is 2. The number of aromatic nitrogens is 3. The maximum atomic E-state index is 13.1. The lowest BCUT2D eigenvalue weighted by molar-refractivity contribution is -0.132. The molecule has 28 heavy (non-hydrogen) atoms. The van der Waals surface area contributed by atoms with E-state index in [1.54, 1.807) is 0 Å². The van der Waals surface area contributed by atoms with Gasteiger partial charge in [0, 0.05) is 19.0 Å². The van der Waals surface area contributed by atoms with Crippen molar-refractivity contribution in [3.8, 4) is 0 Å². The Morgan fingerprint density at radius 3 is 2.75 bits per heavy atom. The van der Waals surface area contributed by atoms with Crippen molar-refractivity contribution in [2.75, 3.05) is 6.54 Å². The zero-order chi connectivity index (χ0) is 20.3. The summed E-state index contributed by atoms with van der Waals surface area (Å²) in [6.45, 7) is 8.37. The Bertz CT molecular complexity index is 845. The third-order valence-electron chi connectivity index (χ3n) is 4.93. The van der Waals surface area contributed by atoms with Gasteiger partial charge in [-0.2, -0.15) is 5.10 Å². The number of rotatable bonds is 6. The van der Waals surface area contributed by atoms with Crippen LogP contribution >= 0.6 is 0 Å². The summed E-state index contributed by atoms with van der Waals surface area (Å²) in [5, 5.41) is 10.2. The molecule has 2 atom stereocenters. The summed E-state index contributed by atoms with van der Waals surface area (Å²) in [6.07, 6.45) is 1.44. The third kappa shape index (κ3) is 4.97. The van der Waals surface area contributed by atoms with Crippen LogP contribution in [0.2, 0.25) is 0 Å². The fourth-order valence-corrected chi connectivity index (χ4v) is 3.73. The van der Waals surface area contributed by atoms with E-state index < -0.39 is 0 Å². The molecule has 0 aliphatic carbocycles. The smallest absolute Gasteiger partial charge is 0.227 e.